The van der Waals surface area contributed by atoms with Crippen molar-refractivity contribution in [1.29, 1.82) is 0 Å². The molecule has 0 saturated heterocycles. The van der Waals surface area contributed by atoms with Crippen LogP contribution in [0.4, 0.5) is 17.6 Å². The molecule has 0 aromatic heterocycles. The van der Waals surface area contributed by atoms with E-state index in [1.807, 2.05) is 0 Å². The summed E-state index contributed by atoms with van der Waals surface area (Å²) in [5.41, 5.74) is 0.670. The Balaban J connectivity index is 1.79. The molecule has 0 amide bonds. The van der Waals surface area contributed by atoms with Crippen molar-refractivity contribution in [1.82, 2.24) is 5.32 Å². The van der Waals surface area contributed by atoms with Gasteiger partial charge in [-0.3, -0.25) is 0 Å². The zero-order chi connectivity index (χ0) is 14.0. The molecule has 1 aliphatic carbocycles. The van der Waals surface area contributed by atoms with E-state index in [1.54, 1.807) is 18.2 Å². The van der Waals surface area contributed by atoms with E-state index in [9.17, 15) is 17.6 Å². The van der Waals surface area contributed by atoms with E-state index >= 15 is 0 Å². The van der Waals surface area contributed by atoms with Crippen LogP contribution in [0.1, 0.15) is 37.7 Å². The third-order valence-electron chi connectivity index (χ3n) is 3.54. The minimum absolute atomic E-state index is 0.0574. The first kappa shape index (κ1) is 14.3. The van der Waals surface area contributed by atoms with Crippen LogP contribution in [-0.2, 0) is 0 Å². The summed E-state index contributed by atoms with van der Waals surface area (Å²) in [4.78, 5) is 0. The number of rotatable bonds is 4. The highest BCUT2D eigenvalue weighted by atomic mass is 19.4. The standard InChI is InChI=1S/C14H17F4N/c1-9(8-14(16,17)18)19-11-6-10(7-11)12-4-2-3-5-13(12)15/h2-5,9-11,19H,6-8H2,1H3. The van der Waals surface area contributed by atoms with Crippen molar-refractivity contribution in [3.63, 3.8) is 0 Å². The van der Waals surface area contributed by atoms with Gasteiger partial charge in [-0.1, -0.05) is 18.2 Å². The highest BCUT2D eigenvalue weighted by Gasteiger charge is 2.35. The van der Waals surface area contributed by atoms with Crippen molar-refractivity contribution in [3.05, 3.63) is 35.6 Å². The average Bonchev–Trinajstić information content (AvgIpc) is 2.22. The molecule has 1 aromatic rings. The van der Waals surface area contributed by atoms with Crippen LogP contribution in [0.15, 0.2) is 24.3 Å². The number of hydrogen-bond acceptors (Lipinski definition) is 1. The number of alkyl halides is 3. The van der Waals surface area contributed by atoms with E-state index < -0.39 is 18.6 Å². The molecule has 0 heterocycles. The highest BCUT2D eigenvalue weighted by molar-refractivity contribution is 5.24. The monoisotopic (exact) mass is 275 g/mol. The maximum absolute atomic E-state index is 13.5. The quantitative estimate of drug-likeness (QED) is 0.819. The Morgan fingerprint density at radius 2 is 1.89 bits per heavy atom. The van der Waals surface area contributed by atoms with Crippen molar-refractivity contribution < 1.29 is 17.6 Å². The Kier molecular flexibility index (Phi) is 4.13. The first-order valence-corrected chi connectivity index (χ1v) is 6.42. The second kappa shape index (κ2) is 5.49. The number of benzene rings is 1. The SMILES string of the molecule is CC(CC(F)(F)F)NC1CC(c2ccccc2F)C1. The fourth-order valence-corrected chi connectivity index (χ4v) is 2.62. The molecule has 0 spiro atoms. The van der Waals surface area contributed by atoms with Crippen LogP contribution in [-0.4, -0.2) is 18.3 Å². The van der Waals surface area contributed by atoms with Gasteiger partial charge in [0.15, 0.2) is 0 Å². The van der Waals surface area contributed by atoms with Crippen molar-refractivity contribution in [2.45, 2.75) is 50.4 Å². The molecule has 1 fully saturated rings. The molecule has 1 atom stereocenters. The van der Waals surface area contributed by atoms with Crippen LogP contribution in [0.3, 0.4) is 0 Å². The third-order valence-corrected chi connectivity index (χ3v) is 3.54. The van der Waals surface area contributed by atoms with Gasteiger partial charge in [0, 0.05) is 12.1 Å². The smallest absolute Gasteiger partial charge is 0.311 e. The predicted molar refractivity (Wildman–Crippen MR) is 65.4 cm³/mol. The molecule has 19 heavy (non-hydrogen) atoms. The van der Waals surface area contributed by atoms with E-state index in [2.05, 4.69) is 5.32 Å². The summed E-state index contributed by atoms with van der Waals surface area (Å²) >= 11 is 0. The predicted octanol–water partition coefficient (Wildman–Crippen LogP) is 4.00. The molecule has 1 saturated carbocycles. The van der Waals surface area contributed by atoms with Gasteiger partial charge in [0.2, 0.25) is 0 Å². The molecule has 106 valence electrons. The Labute approximate surface area is 110 Å². The van der Waals surface area contributed by atoms with Gasteiger partial charge in [-0.2, -0.15) is 13.2 Å². The molecule has 2 rings (SSSR count). The second-order valence-corrected chi connectivity index (χ2v) is 5.27. The first-order chi connectivity index (χ1) is 8.85. The van der Waals surface area contributed by atoms with Gasteiger partial charge in [0.25, 0.3) is 0 Å². The van der Waals surface area contributed by atoms with E-state index in [1.165, 1.54) is 13.0 Å². The molecule has 1 aromatic carbocycles. The Morgan fingerprint density at radius 3 is 2.47 bits per heavy atom. The van der Waals surface area contributed by atoms with Crippen molar-refractivity contribution in [3.8, 4) is 0 Å². The molecule has 5 heteroatoms. The van der Waals surface area contributed by atoms with Crippen LogP contribution in [0.25, 0.3) is 0 Å². The molecule has 1 unspecified atom stereocenters. The lowest BCUT2D eigenvalue weighted by Gasteiger charge is -2.38. The minimum Gasteiger partial charge on any atom is -0.311 e. The minimum atomic E-state index is -4.14. The molecule has 0 bridgehead atoms. The molecular weight excluding hydrogens is 258 g/mol. The van der Waals surface area contributed by atoms with Gasteiger partial charge < -0.3 is 5.32 Å². The lowest BCUT2D eigenvalue weighted by Crippen LogP contribution is -2.45. The van der Waals surface area contributed by atoms with Crippen LogP contribution >= 0.6 is 0 Å². The fourth-order valence-electron chi connectivity index (χ4n) is 2.62. The summed E-state index contributed by atoms with van der Waals surface area (Å²) in [7, 11) is 0. The van der Waals surface area contributed by atoms with E-state index in [0.29, 0.717) is 18.4 Å². The van der Waals surface area contributed by atoms with Crippen LogP contribution in [0, 0.1) is 5.82 Å². The fraction of sp³-hybridized carbons (Fsp3) is 0.571. The normalized spacial score (nSPS) is 24.9. The average molecular weight is 275 g/mol. The lowest BCUT2D eigenvalue weighted by molar-refractivity contribution is -0.139. The van der Waals surface area contributed by atoms with Gasteiger partial charge >= 0.3 is 6.18 Å². The maximum atomic E-state index is 13.5. The summed E-state index contributed by atoms with van der Waals surface area (Å²) < 4.78 is 50.1. The number of halogens is 4. The molecule has 0 radical (unpaired) electrons. The van der Waals surface area contributed by atoms with Gasteiger partial charge in [0.05, 0.1) is 6.42 Å². The third kappa shape index (κ3) is 3.93. The van der Waals surface area contributed by atoms with Gasteiger partial charge in [-0.05, 0) is 37.3 Å². The molecule has 1 aliphatic rings. The summed E-state index contributed by atoms with van der Waals surface area (Å²) in [5.74, 6) is -0.105. The molecule has 0 aliphatic heterocycles. The summed E-state index contributed by atoms with van der Waals surface area (Å²) in [5, 5.41) is 2.95. The molecule has 1 nitrogen and oxygen atoms in total. The van der Waals surface area contributed by atoms with Crippen LogP contribution in [0.2, 0.25) is 0 Å². The topological polar surface area (TPSA) is 12.0 Å². The Morgan fingerprint density at radius 1 is 1.26 bits per heavy atom. The largest absolute Gasteiger partial charge is 0.390 e. The second-order valence-electron chi connectivity index (χ2n) is 5.27. The van der Waals surface area contributed by atoms with Crippen molar-refractivity contribution >= 4 is 0 Å². The van der Waals surface area contributed by atoms with Crippen molar-refractivity contribution in [2.24, 2.45) is 0 Å². The zero-order valence-electron chi connectivity index (χ0n) is 10.7. The summed E-state index contributed by atoms with van der Waals surface area (Å²) in [6.45, 7) is 1.53. The number of nitrogens with one attached hydrogen (secondary N) is 1. The summed E-state index contributed by atoms with van der Waals surface area (Å²) in [6.07, 6.45) is -3.57. The first-order valence-electron chi connectivity index (χ1n) is 6.42. The molecule has 1 N–H and O–H groups in total. The number of hydrogen-bond donors (Lipinski definition) is 1. The maximum Gasteiger partial charge on any atom is 0.390 e. The zero-order valence-corrected chi connectivity index (χ0v) is 10.7. The Hall–Kier alpha value is -1.10. The van der Waals surface area contributed by atoms with Gasteiger partial charge in [-0.15, -0.1) is 0 Å². The van der Waals surface area contributed by atoms with E-state index in [-0.39, 0.29) is 17.8 Å². The van der Waals surface area contributed by atoms with E-state index in [4.69, 9.17) is 0 Å². The molecular formula is C14H17F4N. The lowest BCUT2D eigenvalue weighted by atomic mass is 9.75. The van der Waals surface area contributed by atoms with Crippen molar-refractivity contribution in [2.75, 3.05) is 0 Å². The summed E-state index contributed by atoms with van der Waals surface area (Å²) in [6, 6.07) is 6.05. The van der Waals surface area contributed by atoms with Gasteiger partial charge in [-0.25, -0.2) is 4.39 Å². The van der Waals surface area contributed by atoms with Gasteiger partial charge in [0.1, 0.15) is 5.82 Å². The van der Waals surface area contributed by atoms with Crippen LogP contribution < -0.4 is 5.32 Å². The Bertz CT molecular complexity index is 424. The van der Waals surface area contributed by atoms with Crippen LogP contribution in [0.5, 0.6) is 0 Å². The highest BCUT2D eigenvalue weighted by Crippen LogP contribution is 2.38. The van der Waals surface area contributed by atoms with E-state index in [0.717, 1.165) is 0 Å².